The summed E-state index contributed by atoms with van der Waals surface area (Å²) >= 11 is 0. The highest BCUT2D eigenvalue weighted by atomic mass is 16.4. The van der Waals surface area contributed by atoms with Crippen LogP contribution in [0.5, 0.6) is 0 Å². The number of nitrogens with zero attached hydrogens (tertiary/aromatic N) is 5. The van der Waals surface area contributed by atoms with Gasteiger partial charge in [0.2, 0.25) is 5.95 Å². The molecule has 15 nitrogen and oxygen atoms in total. The van der Waals surface area contributed by atoms with E-state index in [0.717, 1.165) is 0 Å². The number of aliphatic imine (C=N–C) groups is 1. The van der Waals surface area contributed by atoms with E-state index in [1.807, 2.05) is 0 Å². The average molecular weight is 480 g/mol. The summed E-state index contributed by atoms with van der Waals surface area (Å²) < 4.78 is 5.41. The van der Waals surface area contributed by atoms with Gasteiger partial charge in [0.1, 0.15) is 17.3 Å². The van der Waals surface area contributed by atoms with E-state index in [1.165, 1.54) is 24.5 Å². The Kier molecular flexibility index (Phi) is 6.13. The predicted molar refractivity (Wildman–Crippen MR) is 119 cm³/mol. The highest BCUT2D eigenvalue weighted by molar-refractivity contribution is 5.95. The summed E-state index contributed by atoms with van der Waals surface area (Å²) in [6.45, 7) is 0. The second-order valence-electron chi connectivity index (χ2n) is 7.14. The van der Waals surface area contributed by atoms with E-state index in [4.69, 9.17) is 15.3 Å². The Hall–Kier alpha value is -5.21. The van der Waals surface area contributed by atoms with Crippen molar-refractivity contribution in [3.05, 3.63) is 46.3 Å². The van der Waals surface area contributed by atoms with E-state index in [1.54, 1.807) is 6.07 Å². The van der Waals surface area contributed by atoms with Crippen molar-refractivity contribution < 1.29 is 29.0 Å². The zero-order valence-electron chi connectivity index (χ0n) is 17.6. The molecule has 4 aromatic rings. The predicted octanol–water partition coefficient (Wildman–Crippen LogP) is 0.235. The van der Waals surface area contributed by atoms with Gasteiger partial charge in [0, 0.05) is 12.5 Å². The number of carbonyl (C=O) groups excluding carboxylic acids is 1. The zero-order chi connectivity index (χ0) is 25.1. The summed E-state index contributed by atoms with van der Waals surface area (Å²) in [6, 6.07) is 3.18. The van der Waals surface area contributed by atoms with Crippen molar-refractivity contribution in [1.29, 1.82) is 0 Å². The number of amides is 1. The number of nitrogen functional groups attached to an aromatic ring is 1. The molecule has 1 atom stereocenters. The number of nitrogens with two attached hydrogens (primary N) is 1. The lowest BCUT2D eigenvalue weighted by molar-refractivity contribution is -0.140. The summed E-state index contributed by atoms with van der Waals surface area (Å²) in [7, 11) is 0. The smallest absolute Gasteiger partial charge is 0.326 e. The van der Waals surface area contributed by atoms with Crippen molar-refractivity contribution in [3.63, 3.8) is 0 Å². The summed E-state index contributed by atoms with van der Waals surface area (Å²) in [5.74, 6) is -3.96. The fourth-order valence-corrected chi connectivity index (χ4v) is 2.99. The van der Waals surface area contributed by atoms with Crippen molar-refractivity contribution in [3.8, 4) is 0 Å². The summed E-state index contributed by atoms with van der Waals surface area (Å²) in [6.07, 6.45) is 1.97. The van der Waals surface area contributed by atoms with Crippen LogP contribution in [0.3, 0.4) is 0 Å². The first-order valence-electron chi connectivity index (χ1n) is 9.92. The molecule has 0 fully saturated rings. The lowest BCUT2D eigenvalue weighted by atomic mass is 10.1. The first kappa shape index (κ1) is 23.0. The van der Waals surface area contributed by atoms with Gasteiger partial charge in [-0.05, 0) is 18.6 Å². The molecule has 0 aliphatic carbocycles. The topological polar surface area (TPSA) is 240 Å². The quantitative estimate of drug-likeness (QED) is 0.213. The minimum absolute atomic E-state index is 0.00693. The van der Waals surface area contributed by atoms with Crippen LogP contribution >= 0.6 is 0 Å². The SMILES string of the molecule is Nc1nc2ncc(C=Nc3ccc4nc(C(=O)NC(CCC(=O)O)C(=O)O)oc4c3)nc2c(=O)[nH]1. The van der Waals surface area contributed by atoms with Crippen LogP contribution in [-0.4, -0.2) is 65.2 Å². The summed E-state index contributed by atoms with van der Waals surface area (Å²) in [5, 5.41) is 20.1. The van der Waals surface area contributed by atoms with E-state index >= 15 is 0 Å². The number of anilines is 1. The molecule has 0 saturated carbocycles. The third-order valence-corrected chi connectivity index (χ3v) is 4.62. The number of carboxylic acid groups (broad SMARTS) is 2. The molecular weight excluding hydrogens is 464 g/mol. The maximum absolute atomic E-state index is 12.4. The molecule has 0 aliphatic heterocycles. The van der Waals surface area contributed by atoms with Crippen LogP contribution in [-0.2, 0) is 9.59 Å². The number of fused-ring (bicyclic) bond motifs is 2. The Balaban J connectivity index is 1.52. The maximum atomic E-state index is 12.4. The fourth-order valence-electron chi connectivity index (χ4n) is 2.99. The Morgan fingerprint density at radius 1 is 1.23 bits per heavy atom. The monoisotopic (exact) mass is 480 g/mol. The van der Waals surface area contributed by atoms with E-state index in [0.29, 0.717) is 11.2 Å². The number of benzene rings is 1. The minimum atomic E-state index is -1.42. The van der Waals surface area contributed by atoms with Gasteiger partial charge in [-0.3, -0.25) is 24.4 Å². The number of hydrogen-bond acceptors (Lipinski definition) is 11. The molecule has 1 aromatic carbocycles. The van der Waals surface area contributed by atoms with Crippen LogP contribution in [0.15, 0.2) is 38.6 Å². The van der Waals surface area contributed by atoms with E-state index in [9.17, 15) is 24.3 Å². The number of nitrogens with one attached hydrogen (secondary N) is 2. The number of carboxylic acids is 2. The van der Waals surface area contributed by atoms with Crippen molar-refractivity contribution in [1.82, 2.24) is 30.2 Å². The summed E-state index contributed by atoms with van der Waals surface area (Å²) in [4.78, 5) is 68.9. The molecule has 0 radical (unpaired) electrons. The number of carbonyl (C=O) groups is 3. The molecule has 35 heavy (non-hydrogen) atoms. The Morgan fingerprint density at radius 2 is 2.03 bits per heavy atom. The average Bonchev–Trinajstić information content (AvgIpc) is 3.23. The Labute approximate surface area is 193 Å². The second kappa shape index (κ2) is 9.34. The van der Waals surface area contributed by atoms with Crippen molar-refractivity contribution in [2.75, 3.05) is 5.73 Å². The molecule has 4 rings (SSSR count). The van der Waals surface area contributed by atoms with Crippen LogP contribution in [0.1, 0.15) is 29.2 Å². The summed E-state index contributed by atoms with van der Waals surface area (Å²) in [5.41, 5.74) is 6.20. The lowest BCUT2D eigenvalue weighted by Crippen LogP contribution is -2.41. The first-order chi connectivity index (χ1) is 16.7. The number of rotatable bonds is 8. The molecule has 0 spiro atoms. The largest absolute Gasteiger partial charge is 0.481 e. The van der Waals surface area contributed by atoms with Gasteiger partial charge in [-0.1, -0.05) is 0 Å². The zero-order valence-corrected chi connectivity index (χ0v) is 17.6. The van der Waals surface area contributed by atoms with Gasteiger partial charge < -0.3 is 25.7 Å². The van der Waals surface area contributed by atoms with E-state index < -0.39 is 41.8 Å². The number of hydrogen-bond donors (Lipinski definition) is 5. The van der Waals surface area contributed by atoms with Gasteiger partial charge in [-0.15, -0.1) is 0 Å². The molecule has 3 aromatic heterocycles. The Morgan fingerprint density at radius 3 is 2.77 bits per heavy atom. The van der Waals surface area contributed by atoms with Crippen LogP contribution in [0.4, 0.5) is 11.6 Å². The number of aliphatic carboxylic acids is 2. The van der Waals surface area contributed by atoms with Gasteiger partial charge >= 0.3 is 17.8 Å². The van der Waals surface area contributed by atoms with Gasteiger partial charge in [-0.2, -0.15) is 4.98 Å². The van der Waals surface area contributed by atoms with Crippen molar-refractivity contribution in [2.45, 2.75) is 18.9 Å². The minimum Gasteiger partial charge on any atom is -0.481 e. The second-order valence-corrected chi connectivity index (χ2v) is 7.14. The molecule has 1 unspecified atom stereocenters. The molecule has 178 valence electrons. The lowest BCUT2D eigenvalue weighted by Gasteiger charge is -2.11. The van der Waals surface area contributed by atoms with Crippen LogP contribution in [0, 0.1) is 0 Å². The van der Waals surface area contributed by atoms with Gasteiger partial charge in [-0.25, -0.2) is 19.7 Å². The number of aromatic nitrogens is 5. The van der Waals surface area contributed by atoms with E-state index in [-0.39, 0.29) is 34.8 Å². The van der Waals surface area contributed by atoms with Gasteiger partial charge in [0.15, 0.2) is 16.7 Å². The van der Waals surface area contributed by atoms with E-state index in [2.05, 4.69) is 35.2 Å². The third kappa shape index (κ3) is 5.24. The van der Waals surface area contributed by atoms with Crippen LogP contribution in [0.2, 0.25) is 0 Å². The van der Waals surface area contributed by atoms with Gasteiger partial charge in [0.05, 0.1) is 18.1 Å². The van der Waals surface area contributed by atoms with Gasteiger partial charge in [0.25, 0.3) is 11.4 Å². The standard InChI is InChI=1S/C20H16N8O7/c21-20-27-15-14(16(31)28-20)24-9(7-23-15)6-22-8-1-2-10-12(5-8)35-18(26-10)17(32)25-11(19(33)34)3-4-13(29)30/h1-2,5-7,11H,3-4H2,(H,25,32)(H,29,30)(H,33,34)(H3,21,23,27,28,31). The number of H-pyrrole nitrogens is 1. The molecule has 6 N–H and O–H groups in total. The fraction of sp³-hybridized carbons (Fsp3) is 0.150. The number of aromatic amines is 1. The van der Waals surface area contributed by atoms with Crippen molar-refractivity contribution in [2.24, 2.45) is 4.99 Å². The molecule has 0 saturated heterocycles. The molecule has 1 amide bonds. The highest BCUT2D eigenvalue weighted by Gasteiger charge is 2.24. The molecule has 0 aliphatic rings. The first-order valence-corrected chi connectivity index (χ1v) is 9.92. The third-order valence-electron chi connectivity index (χ3n) is 4.62. The molecular formula is C20H16N8O7. The normalized spacial score (nSPS) is 12.2. The maximum Gasteiger partial charge on any atom is 0.326 e. The van der Waals surface area contributed by atoms with Crippen molar-refractivity contribution >= 4 is 58.0 Å². The molecule has 0 bridgehead atoms. The van der Waals surface area contributed by atoms with Crippen LogP contribution in [0.25, 0.3) is 22.3 Å². The number of oxazole rings is 1. The highest BCUT2D eigenvalue weighted by Crippen LogP contribution is 2.22. The Bertz CT molecular complexity index is 1560. The van der Waals surface area contributed by atoms with Crippen LogP contribution < -0.4 is 16.6 Å². The molecule has 3 heterocycles. The molecule has 15 heteroatoms.